The molecule has 0 amide bonds. The molecule has 2 aliphatic rings. The lowest BCUT2D eigenvalue weighted by atomic mass is 10.2. The monoisotopic (exact) mass is 524 g/mol. The van der Waals surface area contributed by atoms with Crippen molar-refractivity contribution in [1.82, 2.24) is 24.8 Å². The van der Waals surface area contributed by atoms with Crippen LogP contribution in [0.1, 0.15) is 13.8 Å². The second-order valence-electron chi connectivity index (χ2n) is 9.02. The van der Waals surface area contributed by atoms with E-state index >= 15 is 0 Å². The van der Waals surface area contributed by atoms with E-state index in [1.807, 2.05) is 26.0 Å². The summed E-state index contributed by atoms with van der Waals surface area (Å²) in [5.74, 6) is 5.32. The van der Waals surface area contributed by atoms with Crippen LogP contribution in [0.4, 0.5) is 11.5 Å². The number of hydrogen-bond acceptors (Lipinski definition) is 10. The zero-order chi connectivity index (χ0) is 25.8. The molecule has 1 N–H and O–H groups in total. The minimum Gasteiger partial charge on any atom is -0.492 e. The van der Waals surface area contributed by atoms with Crippen molar-refractivity contribution in [1.29, 1.82) is 0 Å². The van der Waals surface area contributed by atoms with Crippen molar-refractivity contribution in [3.63, 3.8) is 0 Å². The number of ether oxygens (including phenoxy) is 4. The molecule has 2 aromatic heterocycles. The van der Waals surface area contributed by atoms with Gasteiger partial charge >= 0.3 is 0 Å². The predicted molar refractivity (Wildman–Crippen MR) is 141 cm³/mol. The van der Waals surface area contributed by atoms with Crippen LogP contribution >= 0.6 is 11.6 Å². The van der Waals surface area contributed by atoms with E-state index in [4.69, 9.17) is 37.0 Å². The van der Waals surface area contributed by atoms with Crippen molar-refractivity contribution in [2.45, 2.75) is 20.0 Å². The molecular formula is C26H29ClN6O4. The predicted octanol–water partition coefficient (Wildman–Crippen LogP) is 3.57. The number of rotatable bonds is 9. The molecule has 5 rings (SSSR count). The third-order valence-corrected chi connectivity index (χ3v) is 6.38. The average molecular weight is 525 g/mol. The number of benzene rings is 1. The molecule has 0 bridgehead atoms. The van der Waals surface area contributed by atoms with Crippen molar-refractivity contribution in [2.75, 3.05) is 58.0 Å². The van der Waals surface area contributed by atoms with Crippen LogP contribution < -0.4 is 24.3 Å². The van der Waals surface area contributed by atoms with Crippen molar-refractivity contribution in [3.05, 3.63) is 29.7 Å². The fourth-order valence-electron chi connectivity index (χ4n) is 4.32. The molecule has 1 saturated heterocycles. The number of nitrogens with one attached hydrogen (secondary N) is 1. The molecule has 1 aromatic carbocycles. The summed E-state index contributed by atoms with van der Waals surface area (Å²) in [5.41, 5.74) is 1.19. The molecular weight excluding hydrogens is 496 g/mol. The van der Waals surface area contributed by atoms with Gasteiger partial charge in [-0.25, -0.2) is 15.0 Å². The van der Waals surface area contributed by atoms with E-state index in [0.29, 0.717) is 63.7 Å². The molecule has 0 unspecified atom stereocenters. The number of piperazine rings is 1. The smallest absolute Gasteiger partial charge is 0.262 e. The summed E-state index contributed by atoms with van der Waals surface area (Å²) in [4.78, 5) is 17.8. The average Bonchev–Trinajstić information content (AvgIpc) is 3.36. The van der Waals surface area contributed by atoms with Gasteiger partial charge in [-0.1, -0.05) is 17.5 Å². The summed E-state index contributed by atoms with van der Waals surface area (Å²) in [7, 11) is 0. The molecule has 0 spiro atoms. The van der Waals surface area contributed by atoms with Crippen molar-refractivity contribution >= 4 is 34.0 Å². The van der Waals surface area contributed by atoms with E-state index in [9.17, 15) is 0 Å². The number of terminal acetylenes is 1. The molecule has 0 saturated carbocycles. The van der Waals surface area contributed by atoms with Gasteiger partial charge in [-0.05, 0) is 13.8 Å². The van der Waals surface area contributed by atoms with E-state index in [0.717, 1.165) is 32.7 Å². The normalized spacial score (nSPS) is 15.6. The van der Waals surface area contributed by atoms with Gasteiger partial charge in [0.2, 0.25) is 12.5 Å². The van der Waals surface area contributed by atoms with Crippen LogP contribution in [0.2, 0.25) is 5.02 Å². The summed E-state index contributed by atoms with van der Waals surface area (Å²) in [6, 6.07) is 3.76. The zero-order valence-electron chi connectivity index (χ0n) is 20.9. The first-order valence-corrected chi connectivity index (χ1v) is 12.6. The zero-order valence-corrected chi connectivity index (χ0v) is 21.6. The third-order valence-electron chi connectivity index (χ3n) is 6.09. The fourth-order valence-corrected chi connectivity index (χ4v) is 4.50. The molecule has 1 fully saturated rings. The van der Waals surface area contributed by atoms with Crippen LogP contribution in [0.5, 0.6) is 23.1 Å². The van der Waals surface area contributed by atoms with E-state index in [1.54, 1.807) is 0 Å². The molecule has 0 aliphatic carbocycles. The van der Waals surface area contributed by atoms with Gasteiger partial charge in [0.15, 0.2) is 0 Å². The molecule has 37 heavy (non-hydrogen) atoms. The number of nitrogens with zero attached hydrogens (tertiary/aromatic N) is 5. The molecule has 3 aromatic rings. The van der Waals surface area contributed by atoms with E-state index in [2.05, 4.69) is 36.0 Å². The van der Waals surface area contributed by atoms with Crippen LogP contribution in [0, 0.1) is 12.3 Å². The van der Waals surface area contributed by atoms with Gasteiger partial charge in [0.05, 0.1) is 34.8 Å². The number of fused-ring (bicyclic) bond motifs is 2. The lowest BCUT2D eigenvalue weighted by Gasteiger charge is -2.33. The minimum atomic E-state index is -0.0729. The largest absolute Gasteiger partial charge is 0.492 e. The highest BCUT2D eigenvalue weighted by Gasteiger charge is 2.24. The van der Waals surface area contributed by atoms with E-state index in [1.165, 1.54) is 12.5 Å². The Morgan fingerprint density at radius 1 is 1.14 bits per heavy atom. The molecule has 0 atom stereocenters. The second kappa shape index (κ2) is 11.3. The van der Waals surface area contributed by atoms with Crippen LogP contribution in [0.15, 0.2) is 24.7 Å². The topological polar surface area (TPSA) is 94.1 Å². The number of halogens is 1. The maximum absolute atomic E-state index is 6.43. The number of anilines is 2. The SMILES string of the molecule is C#CCN1CCN(CCOc2cc(OC(C)C)c3c(Nc4c(Cl)cnc5c4OCO5)ncnc3c2)CC1. The Morgan fingerprint density at radius 2 is 1.95 bits per heavy atom. The Hall–Kier alpha value is -3.52. The second-order valence-corrected chi connectivity index (χ2v) is 9.43. The van der Waals surface area contributed by atoms with Crippen LogP contribution in [0.3, 0.4) is 0 Å². The Kier molecular flexibility index (Phi) is 7.65. The lowest BCUT2D eigenvalue weighted by Crippen LogP contribution is -2.47. The van der Waals surface area contributed by atoms with Crippen molar-refractivity contribution in [2.24, 2.45) is 0 Å². The minimum absolute atomic E-state index is 0.0729. The summed E-state index contributed by atoms with van der Waals surface area (Å²) in [6.07, 6.45) is 8.35. The molecule has 194 valence electrons. The first-order valence-electron chi connectivity index (χ1n) is 12.2. The van der Waals surface area contributed by atoms with Gasteiger partial charge in [0, 0.05) is 44.9 Å². The lowest BCUT2D eigenvalue weighted by molar-refractivity contribution is 0.126. The first-order chi connectivity index (χ1) is 18.0. The Balaban J connectivity index is 1.36. The summed E-state index contributed by atoms with van der Waals surface area (Å²) in [6.45, 7) is 9.98. The Labute approximate surface area is 220 Å². The fraction of sp³-hybridized carbons (Fsp3) is 0.423. The van der Waals surface area contributed by atoms with Gasteiger partial charge in [0.25, 0.3) is 5.88 Å². The number of hydrogen-bond donors (Lipinski definition) is 1. The number of pyridine rings is 1. The van der Waals surface area contributed by atoms with Gasteiger partial charge in [-0.2, -0.15) is 0 Å². The van der Waals surface area contributed by atoms with Gasteiger partial charge < -0.3 is 24.3 Å². The highest BCUT2D eigenvalue weighted by atomic mass is 35.5. The number of aromatic nitrogens is 3. The maximum Gasteiger partial charge on any atom is 0.262 e. The van der Waals surface area contributed by atoms with Crippen LogP contribution in [-0.4, -0.2) is 83.5 Å². The summed E-state index contributed by atoms with van der Waals surface area (Å²) < 4.78 is 23.3. The van der Waals surface area contributed by atoms with Crippen LogP contribution in [-0.2, 0) is 0 Å². The molecule has 4 heterocycles. The molecule has 0 radical (unpaired) electrons. The van der Waals surface area contributed by atoms with Gasteiger partial charge in [0.1, 0.15) is 35.9 Å². The van der Waals surface area contributed by atoms with Gasteiger partial charge in [-0.3, -0.25) is 9.80 Å². The molecule has 10 nitrogen and oxygen atoms in total. The molecule has 2 aliphatic heterocycles. The summed E-state index contributed by atoms with van der Waals surface area (Å²) >= 11 is 6.43. The highest BCUT2D eigenvalue weighted by molar-refractivity contribution is 6.33. The van der Waals surface area contributed by atoms with E-state index < -0.39 is 0 Å². The standard InChI is InChI=1S/C26H29ClN6O4/c1-4-5-32-6-8-33(9-7-32)10-11-34-18-12-20-22(21(13-18)37-17(2)3)25(30-15-29-20)31-23-19(27)14-28-26-24(23)35-16-36-26/h1,12-15,17H,5-11,16H2,2-3H3,(H,28,29,30,31). The van der Waals surface area contributed by atoms with Gasteiger partial charge in [-0.15, -0.1) is 6.42 Å². The Morgan fingerprint density at radius 3 is 2.73 bits per heavy atom. The van der Waals surface area contributed by atoms with E-state index in [-0.39, 0.29) is 12.9 Å². The van der Waals surface area contributed by atoms with Crippen molar-refractivity contribution < 1.29 is 18.9 Å². The first kappa shape index (κ1) is 25.1. The summed E-state index contributed by atoms with van der Waals surface area (Å²) in [5, 5.41) is 4.36. The van der Waals surface area contributed by atoms with Crippen LogP contribution in [0.25, 0.3) is 10.9 Å². The third kappa shape index (κ3) is 5.74. The van der Waals surface area contributed by atoms with Crippen molar-refractivity contribution in [3.8, 4) is 35.5 Å². The maximum atomic E-state index is 6.43. The Bertz CT molecular complexity index is 1310. The quantitative estimate of drug-likeness (QED) is 0.419. The highest BCUT2D eigenvalue weighted by Crippen LogP contribution is 2.44. The molecule has 11 heteroatoms.